The largest absolute Gasteiger partial charge is 0.333 e. The van der Waals surface area contributed by atoms with Gasteiger partial charge in [0.25, 0.3) is 0 Å². The third-order valence-electron chi connectivity index (χ3n) is 3.13. The maximum atomic E-state index is 6.05. The molecule has 0 bridgehead atoms. The monoisotopic (exact) mass is 213 g/mol. The second-order valence-corrected chi connectivity index (χ2v) is 4.33. The zero-order chi connectivity index (χ0) is 10.2. The van der Waals surface area contributed by atoms with Crippen molar-refractivity contribution >= 4 is 11.6 Å². The maximum Gasteiger partial charge on any atom is 0.150 e. The zero-order valence-corrected chi connectivity index (χ0v) is 9.43. The average molecular weight is 214 g/mol. The highest BCUT2D eigenvalue weighted by Gasteiger charge is 2.42. The van der Waals surface area contributed by atoms with Gasteiger partial charge in [-0.1, -0.05) is 11.6 Å². The van der Waals surface area contributed by atoms with Crippen LogP contribution in [0.2, 0.25) is 5.15 Å². The number of nitrogens with one attached hydrogen (secondary N) is 1. The Bertz CT molecular complexity index is 328. The number of hydrogen-bond acceptors (Lipinski definition) is 2. The molecule has 0 unspecified atom stereocenters. The lowest BCUT2D eigenvalue weighted by Crippen LogP contribution is -2.30. The molecule has 1 aliphatic rings. The van der Waals surface area contributed by atoms with E-state index in [-0.39, 0.29) is 0 Å². The van der Waals surface area contributed by atoms with E-state index < -0.39 is 0 Å². The van der Waals surface area contributed by atoms with Gasteiger partial charge < -0.3 is 9.88 Å². The molecule has 0 saturated heterocycles. The maximum absolute atomic E-state index is 6.05. The summed E-state index contributed by atoms with van der Waals surface area (Å²) in [5.41, 5.74) is 1.47. The number of nitrogens with zero attached hydrogens (tertiary/aromatic N) is 2. The number of hydrogen-bond donors (Lipinski definition) is 1. The number of halogens is 1. The minimum absolute atomic E-state index is 0.302. The van der Waals surface area contributed by atoms with Crippen molar-refractivity contribution in [2.45, 2.75) is 38.3 Å². The van der Waals surface area contributed by atoms with E-state index in [1.807, 2.05) is 13.4 Å². The van der Waals surface area contributed by atoms with Crippen LogP contribution in [0.5, 0.6) is 0 Å². The van der Waals surface area contributed by atoms with Gasteiger partial charge in [-0.15, -0.1) is 0 Å². The lowest BCUT2D eigenvalue weighted by molar-refractivity contribution is 0.526. The van der Waals surface area contributed by atoms with Gasteiger partial charge in [0.2, 0.25) is 0 Å². The third-order valence-corrected chi connectivity index (χ3v) is 3.44. The van der Waals surface area contributed by atoms with Crippen LogP contribution in [0.3, 0.4) is 0 Å². The Morgan fingerprint density at radius 1 is 1.64 bits per heavy atom. The predicted octanol–water partition coefficient (Wildman–Crippen LogP) is 1.85. The first-order valence-corrected chi connectivity index (χ1v) is 5.47. The van der Waals surface area contributed by atoms with Crippen molar-refractivity contribution in [3.8, 4) is 0 Å². The molecule has 3 nitrogen and oxygen atoms in total. The van der Waals surface area contributed by atoms with Crippen LogP contribution in [0.1, 0.15) is 25.5 Å². The highest BCUT2D eigenvalue weighted by atomic mass is 35.5. The number of imidazole rings is 1. The minimum Gasteiger partial charge on any atom is -0.333 e. The summed E-state index contributed by atoms with van der Waals surface area (Å²) in [5, 5.41) is 4.03. The van der Waals surface area contributed by atoms with Crippen molar-refractivity contribution in [2.75, 3.05) is 7.05 Å². The summed E-state index contributed by atoms with van der Waals surface area (Å²) in [6, 6.07) is 0. The normalized spacial score (nSPS) is 18.5. The second kappa shape index (κ2) is 3.55. The van der Waals surface area contributed by atoms with Crippen LogP contribution in [0.4, 0.5) is 0 Å². The van der Waals surface area contributed by atoms with Crippen LogP contribution in [-0.2, 0) is 13.0 Å². The van der Waals surface area contributed by atoms with E-state index in [1.54, 1.807) is 0 Å². The van der Waals surface area contributed by atoms with Crippen LogP contribution in [-0.4, -0.2) is 22.1 Å². The summed E-state index contributed by atoms with van der Waals surface area (Å²) < 4.78 is 2.12. The second-order valence-electron chi connectivity index (χ2n) is 3.98. The Labute approximate surface area is 89.5 Å². The van der Waals surface area contributed by atoms with Gasteiger partial charge >= 0.3 is 0 Å². The lowest BCUT2D eigenvalue weighted by Gasteiger charge is -2.15. The van der Waals surface area contributed by atoms with Crippen molar-refractivity contribution < 1.29 is 0 Å². The fraction of sp³-hybridized carbons (Fsp3) is 0.700. The Morgan fingerprint density at radius 3 is 2.86 bits per heavy atom. The highest BCUT2D eigenvalue weighted by molar-refractivity contribution is 6.30. The van der Waals surface area contributed by atoms with Gasteiger partial charge in [-0.2, -0.15) is 0 Å². The van der Waals surface area contributed by atoms with Crippen LogP contribution in [0.15, 0.2) is 6.33 Å². The number of rotatable bonds is 4. The van der Waals surface area contributed by atoms with E-state index >= 15 is 0 Å². The molecule has 1 fully saturated rings. The van der Waals surface area contributed by atoms with Gasteiger partial charge in [0.05, 0.1) is 12.0 Å². The van der Waals surface area contributed by atoms with E-state index in [0.717, 1.165) is 13.0 Å². The summed E-state index contributed by atoms with van der Waals surface area (Å²) in [5.74, 6) is 0. The molecule has 0 spiro atoms. The van der Waals surface area contributed by atoms with Crippen molar-refractivity contribution in [1.29, 1.82) is 0 Å². The van der Waals surface area contributed by atoms with E-state index in [0.29, 0.717) is 10.7 Å². The first kappa shape index (κ1) is 9.99. The van der Waals surface area contributed by atoms with E-state index in [4.69, 9.17) is 11.6 Å². The fourth-order valence-corrected chi connectivity index (χ4v) is 2.04. The van der Waals surface area contributed by atoms with Gasteiger partial charge in [-0.3, -0.25) is 0 Å². The van der Waals surface area contributed by atoms with Crippen LogP contribution >= 0.6 is 11.6 Å². The topological polar surface area (TPSA) is 29.9 Å². The molecule has 78 valence electrons. The third kappa shape index (κ3) is 1.66. The highest BCUT2D eigenvalue weighted by Crippen LogP contribution is 2.39. The minimum atomic E-state index is 0.302. The number of aryl methyl sites for hydroxylation is 1. The molecule has 1 aromatic heterocycles. The molecule has 14 heavy (non-hydrogen) atoms. The van der Waals surface area contributed by atoms with Crippen LogP contribution in [0.25, 0.3) is 0 Å². The molecule has 0 radical (unpaired) electrons. The standard InChI is InChI=1S/C10H16ClN3/c1-3-14-7-13-9(11)8(14)6-10(12-2)4-5-10/h7,12H,3-6H2,1-2H3. The first-order valence-electron chi connectivity index (χ1n) is 5.09. The molecular weight excluding hydrogens is 198 g/mol. The number of likely N-dealkylation sites (N-methyl/N-ethyl adjacent to an activating group) is 1. The summed E-state index contributed by atoms with van der Waals surface area (Å²) in [7, 11) is 2.02. The van der Waals surface area contributed by atoms with E-state index in [2.05, 4.69) is 21.8 Å². The van der Waals surface area contributed by atoms with Crippen LogP contribution < -0.4 is 5.32 Å². The Balaban J connectivity index is 2.19. The summed E-state index contributed by atoms with van der Waals surface area (Å²) in [4.78, 5) is 4.13. The van der Waals surface area contributed by atoms with Crippen molar-refractivity contribution in [3.05, 3.63) is 17.2 Å². The predicted molar refractivity (Wildman–Crippen MR) is 57.6 cm³/mol. The summed E-state index contributed by atoms with van der Waals surface area (Å²) in [6.07, 6.45) is 5.31. The number of aromatic nitrogens is 2. The van der Waals surface area contributed by atoms with Gasteiger partial charge in [0.15, 0.2) is 0 Å². The molecule has 1 heterocycles. The molecule has 4 heteroatoms. The van der Waals surface area contributed by atoms with Crippen molar-refractivity contribution in [2.24, 2.45) is 0 Å². The fourth-order valence-electron chi connectivity index (χ4n) is 1.82. The van der Waals surface area contributed by atoms with Crippen molar-refractivity contribution in [1.82, 2.24) is 14.9 Å². The summed E-state index contributed by atoms with van der Waals surface area (Å²) >= 11 is 6.05. The summed E-state index contributed by atoms with van der Waals surface area (Å²) in [6.45, 7) is 3.05. The molecule has 0 aromatic carbocycles. The van der Waals surface area contributed by atoms with E-state index in [1.165, 1.54) is 18.5 Å². The molecule has 1 aromatic rings. The molecule has 0 atom stereocenters. The van der Waals surface area contributed by atoms with Gasteiger partial charge in [0.1, 0.15) is 5.15 Å². The van der Waals surface area contributed by atoms with Crippen LogP contribution in [0, 0.1) is 0 Å². The Hall–Kier alpha value is -0.540. The molecule has 1 aliphatic carbocycles. The SMILES string of the molecule is CCn1cnc(Cl)c1CC1(NC)CC1. The quantitative estimate of drug-likeness (QED) is 0.828. The zero-order valence-electron chi connectivity index (χ0n) is 8.68. The van der Waals surface area contributed by atoms with E-state index in [9.17, 15) is 0 Å². The van der Waals surface area contributed by atoms with Gasteiger partial charge in [-0.05, 0) is 26.8 Å². The molecule has 0 aliphatic heterocycles. The van der Waals surface area contributed by atoms with Gasteiger partial charge in [-0.25, -0.2) is 4.98 Å². The smallest absolute Gasteiger partial charge is 0.150 e. The van der Waals surface area contributed by atoms with Crippen molar-refractivity contribution in [3.63, 3.8) is 0 Å². The average Bonchev–Trinajstić information content (AvgIpc) is 2.89. The first-order chi connectivity index (χ1) is 6.71. The van der Waals surface area contributed by atoms with Gasteiger partial charge in [0, 0.05) is 18.5 Å². The lowest BCUT2D eigenvalue weighted by atomic mass is 10.1. The molecule has 0 amide bonds. The Morgan fingerprint density at radius 2 is 2.36 bits per heavy atom. The molecule has 1 N–H and O–H groups in total. The molecule has 1 saturated carbocycles. The molecular formula is C10H16ClN3. The molecule has 2 rings (SSSR count). The Kier molecular flexibility index (Phi) is 2.54.